The molecule has 0 aliphatic carbocycles. The highest BCUT2D eigenvalue weighted by molar-refractivity contribution is 5.43. The van der Waals surface area contributed by atoms with Gasteiger partial charge in [-0.2, -0.15) is 0 Å². The lowest BCUT2D eigenvalue weighted by Gasteiger charge is -2.16. The van der Waals surface area contributed by atoms with E-state index in [0.29, 0.717) is 13.2 Å². The summed E-state index contributed by atoms with van der Waals surface area (Å²) in [6.07, 6.45) is 2.89. The summed E-state index contributed by atoms with van der Waals surface area (Å²) in [5, 5.41) is 0. The first-order valence-corrected chi connectivity index (χ1v) is 6.88. The van der Waals surface area contributed by atoms with Crippen LogP contribution in [0.15, 0.2) is 18.2 Å². The summed E-state index contributed by atoms with van der Waals surface area (Å²) in [5.41, 5.74) is 7.15. The molecule has 0 aromatic heterocycles. The molecule has 0 saturated carbocycles. The predicted molar refractivity (Wildman–Crippen MR) is 75.2 cm³/mol. The first-order chi connectivity index (χ1) is 8.72. The molecule has 2 N–H and O–H groups in total. The van der Waals surface area contributed by atoms with Crippen molar-refractivity contribution in [1.82, 2.24) is 0 Å². The number of hydrogen-bond acceptors (Lipinski definition) is 3. The van der Waals surface area contributed by atoms with E-state index < -0.39 is 0 Å². The maximum Gasteiger partial charge on any atom is 0.161 e. The summed E-state index contributed by atoms with van der Waals surface area (Å²) in [7, 11) is 0. The molecule has 18 heavy (non-hydrogen) atoms. The molecule has 0 aliphatic heterocycles. The van der Waals surface area contributed by atoms with Crippen LogP contribution in [0.3, 0.4) is 0 Å². The third-order valence-corrected chi connectivity index (χ3v) is 2.76. The van der Waals surface area contributed by atoms with E-state index in [9.17, 15) is 0 Å². The van der Waals surface area contributed by atoms with Crippen molar-refractivity contribution < 1.29 is 9.47 Å². The molecule has 0 saturated heterocycles. The van der Waals surface area contributed by atoms with Gasteiger partial charge in [-0.15, -0.1) is 0 Å². The zero-order valence-corrected chi connectivity index (χ0v) is 11.7. The molecule has 0 fully saturated rings. The van der Waals surface area contributed by atoms with E-state index in [1.165, 1.54) is 0 Å². The van der Waals surface area contributed by atoms with E-state index in [2.05, 4.69) is 20.8 Å². The molecule has 0 heterocycles. The Balaban J connectivity index is 2.88. The topological polar surface area (TPSA) is 44.5 Å². The highest BCUT2D eigenvalue weighted by Gasteiger charge is 2.10. The number of nitrogens with two attached hydrogens (primary N) is 1. The molecule has 0 bridgehead atoms. The number of rotatable bonds is 8. The normalized spacial score (nSPS) is 12.2. The monoisotopic (exact) mass is 251 g/mol. The van der Waals surface area contributed by atoms with E-state index in [-0.39, 0.29) is 6.04 Å². The second-order valence-corrected chi connectivity index (χ2v) is 4.42. The quantitative estimate of drug-likeness (QED) is 0.766. The van der Waals surface area contributed by atoms with Crippen molar-refractivity contribution in [3.63, 3.8) is 0 Å². The van der Waals surface area contributed by atoms with Gasteiger partial charge in [-0.1, -0.05) is 26.8 Å². The van der Waals surface area contributed by atoms with Gasteiger partial charge >= 0.3 is 0 Å². The van der Waals surface area contributed by atoms with Crippen LogP contribution in [0.25, 0.3) is 0 Å². The van der Waals surface area contributed by atoms with Gasteiger partial charge in [0, 0.05) is 6.04 Å². The SMILES string of the molecule is CCCOc1ccc(C(N)CC)cc1OCCC. The molecule has 0 radical (unpaired) electrons. The molecule has 3 nitrogen and oxygen atoms in total. The van der Waals surface area contributed by atoms with Crippen LogP contribution in [-0.4, -0.2) is 13.2 Å². The van der Waals surface area contributed by atoms with E-state index in [1.807, 2.05) is 18.2 Å². The summed E-state index contributed by atoms with van der Waals surface area (Å²) in [4.78, 5) is 0. The first-order valence-electron chi connectivity index (χ1n) is 6.88. The lowest BCUT2D eigenvalue weighted by atomic mass is 10.1. The summed E-state index contributed by atoms with van der Waals surface area (Å²) >= 11 is 0. The van der Waals surface area contributed by atoms with Gasteiger partial charge in [0.1, 0.15) is 0 Å². The van der Waals surface area contributed by atoms with Gasteiger partial charge in [-0.3, -0.25) is 0 Å². The maximum atomic E-state index is 6.05. The van der Waals surface area contributed by atoms with Gasteiger partial charge in [0.15, 0.2) is 11.5 Å². The molecule has 0 amide bonds. The largest absolute Gasteiger partial charge is 0.490 e. The van der Waals surface area contributed by atoms with Crippen molar-refractivity contribution in [3.05, 3.63) is 23.8 Å². The Morgan fingerprint density at radius 3 is 2.17 bits per heavy atom. The predicted octanol–water partition coefficient (Wildman–Crippen LogP) is 3.67. The molecule has 1 aromatic carbocycles. The van der Waals surface area contributed by atoms with Crippen molar-refractivity contribution in [3.8, 4) is 11.5 Å². The third kappa shape index (κ3) is 4.22. The van der Waals surface area contributed by atoms with Gasteiger partial charge in [0.25, 0.3) is 0 Å². The Morgan fingerprint density at radius 2 is 1.61 bits per heavy atom. The van der Waals surface area contributed by atoms with Crippen LogP contribution >= 0.6 is 0 Å². The van der Waals surface area contributed by atoms with E-state index in [1.54, 1.807) is 0 Å². The van der Waals surface area contributed by atoms with Gasteiger partial charge in [0.05, 0.1) is 13.2 Å². The molecule has 102 valence electrons. The Morgan fingerprint density at radius 1 is 1.00 bits per heavy atom. The zero-order chi connectivity index (χ0) is 13.4. The minimum Gasteiger partial charge on any atom is -0.490 e. The number of hydrogen-bond donors (Lipinski definition) is 1. The molecular weight excluding hydrogens is 226 g/mol. The molecule has 3 heteroatoms. The minimum atomic E-state index is 0.0641. The van der Waals surface area contributed by atoms with E-state index >= 15 is 0 Å². The fourth-order valence-corrected chi connectivity index (χ4v) is 1.65. The fourth-order valence-electron chi connectivity index (χ4n) is 1.65. The van der Waals surface area contributed by atoms with Gasteiger partial charge in [-0.25, -0.2) is 0 Å². The lowest BCUT2D eigenvalue weighted by Crippen LogP contribution is -2.09. The summed E-state index contributed by atoms with van der Waals surface area (Å²) in [6.45, 7) is 7.68. The molecule has 1 atom stereocenters. The van der Waals surface area contributed by atoms with E-state index in [4.69, 9.17) is 15.2 Å². The van der Waals surface area contributed by atoms with Crippen LogP contribution < -0.4 is 15.2 Å². The van der Waals surface area contributed by atoms with E-state index in [0.717, 1.165) is 36.3 Å². The second kappa shape index (κ2) is 7.98. The van der Waals surface area contributed by atoms with Crippen LogP contribution in [-0.2, 0) is 0 Å². The Labute approximate surface area is 110 Å². The number of benzene rings is 1. The van der Waals surface area contributed by atoms with Gasteiger partial charge in [0.2, 0.25) is 0 Å². The molecule has 0 aliphatic rings. The van der Waals surface area contributed by atoms with Crippen molar-refractivity contribution in [2.24, 2.45) is 5.73 Å². The van der Waals surface area contributed by atoms with Crippen molar-refractivity contribution in [2.45, 2.75) is 46.1 Å². The standard InChI is InChI=1S/C15H25NO2/c1-4-9-17-14-8-7-12(13(16)6-3)11-15(14)18-10-5-2/h7-8,11,13H,4-6,9-10,16H2,1-3H3. The van der Waals surface area contributed by atoms with Crippen LogP contribution in [0.2, 0.25) is 0 Å². The average Bonchev–Trinajstić information content (AvgIpc) is 2.42. The molecular formula is C15H25NO2. The Hall–Kier alpha value is -1.22. The highest BCUT2D eigenvalue weighted by Crippen LogP contribution is 2.31. The Bertz CT molecular complexity index is 352. The maximum absolute atomic E-state index is 6.05. The van der Waals surface area contributed by atoms with Crippen LogP contribution in [0.5, 0.6) is 11.5 Å². The van der Waals surface area contributed by atoms with Crippen LogP contribution in [0, 0.1) is 0 Å². The number of ether oxygens (including phenoxy) is 2. The summed E-state index contributed by atoms with van der Waals surface area (Å²) < 4.78 is 11.4. The van der Waals surface area contributed by atoms with Crippen LogP contribution in [0.4, 0.5) is 0 Å². The molecule has 1 rings (SSSR count). The highest BCUT2D eigenvalue weighted by atomic mass is 16.5. The van der Waals surface area contributed by atoms with Crippen molar-refractivity contribution in [1.29, 1.82) is 0 Å². The Kier molecular flexibility index (Phi) is 6.58. The van der Waals surface area contributed by atoms with Gasteiger partial charge < -0.3 is 15.2 Å². The molecule has 1 aromatic rings. The minimum absolute atomic E-state index is 0.0641. The zero-order valence-electron chi connectivity index (χ0n) is 11.7. The average molecular weight is 251 g/mol. The van der Waals surface area contributed by atoms with Crippen LogP contribution in [0.1, 0.15) is 51.6 Å². The summed E-state index contributed by atoms with van der Waals surface area (Å²) in [5.74, 6) is 1.63. The summed E-state index contributed by atoms with van der Waals surface area (Å²) in [6, 6.07) is 6.06. The van der Waals surface area contributed by atoms with Crippen molar-refractivity contribution in [2.75, 3.05) is 13.2 Å². The first kappa shape index (κ1) is 14.8. The fraction of sp³-hybridized carbons (Fsp3) is 0.600. The smallest absolute Gasteiger partial charge is 0.161 e. The third-order valence-electron chi connectivity index (χ3n) is 2.76. The lowest BCUT2D eigenvalue weighted by molar-refractivity contribution is 0.268. The second-order valence-electron chi connectivity index (χ2n) is 4.42. The molecule has 0 spiro atoms. The van der Waals surface area contributed by atoms with Gasteiger partial charge in [-0.05, 0) is 37.0 Å². The van der Waals surface area contributed by atoms with Crippen molar-refractivity contribution >= 4 is 0 Å². The molecule has 1 unspecified atom stereocenters.